The number of hydrogen-bond acceptors (Lipinski definition) is 5. The summed E-state index contributed by atoms with van der Waals surface area (Å²) in [6, 6.07) is 5.94. The van der Waals surface area contributed by atoms with Gasteiger partial charge in [0.05, 0.1) is 18.8 Å². The van der Waals surface area contributed by atoms with E-state index in [1.54, 1.807) is 0 Å². The monoisotopic (exact) mass is 373 g/mol. The maximum Gasteiger partial charge on any atom is 0.168 e. The van der Waals surface area contributed by atoms with Crippen LogP contribution in [0.3, 0.4) is 0 Å². The van der Waals surface area contributed by atoms with E-state index in [1.165, 1.54) is 0 Å². The Hall–Kier alpha value is -2.30. The number of aliphatic imine (C=N–C) groups is 1. The lowest BCUT2D eigenvalue weighted by molar-refractivity contribution is -0.115. The minimum atomic E-state index is 0.0191. The quantitative estimate of drug-likeness (QED) is 0.596. The number of nitrogens with zero attached hydrogens (tertiary/aromatic N) is 1. The topological polar surface area (TPSA) is 68.1 Å². The molecule has 27 heavy (non-hydrogen) atoms. The van der Waals surface area contributed by atoms with E-state index in [2.05, 4.69) is 11.9 Å². The zero-order valence-electron chi connectivity index (χ0n) is 16.7. The molecule has 0 bridgehead atoms. The minimum Gasteiger partial charge on any atom is -0.511 e. The number of ketones is 1. The smallest absolute Gasteiger partial charge is 0.168 e. The van der Waals surface area contributed by atoms with Crippen LogP contribution in [0.25, 0.3) is 0 Å². The molecule has 0 aromatic heterocycles. The van der Waals surface area contributed by atoms with Gasteiger partial charge in [-0.3, -0.25) is 9.79 Å². The molecule has 1 aliphatic rings. The predicted molar refractivity (Wildman–Crippen MR) is 108 cm³/mol. The number of rotatable bonds is 10. The molecule has 0 radical (unpaired) electrons. The van der Waals surface area contributed by atoms with Crippen LogP contribution in [-0.2, 0) is 11.2 Å². The summed E-state index contributed by atoms with van der Waals surface area (Å²) in [7, 11) is 0. The summed E-state index contributed by atoms with van der Waals surface area (Å²) < 4.78 is 11.3. The first kappa shape index (κ1) is 21.0. The summed E-state index contributed by atoms with van der Waals surface area (Å²) in [5.74, 6) is 1.72. The van der Waals surface area contributed by atoms with Crippen molar-refractivity contribution in [3.8, 4) is 11.5 Å². The number of ether oxygens (including phenoxy) is 2. The van der Waals surface area contributed by atoms with Gasteiger partial charge >= 0.3 is 0 Å². The number of carbonyl (C=O) groups is 1. The van der Waals surface area contributed by atoms with Gasteiger partial charge in [0.25, 0.3) is 0 Å². The molecule has 0 spiro atoms. The molecular formula is C22H31NO4. The molecule has 148 valence electrons. The molecule has 0 heterocycles. The molecule has 0 atom stereocenters. The second-order valence-electron chi connectivity index (χ2n) is 6.57. The van der Waals surface area contributed by atoms with Crippen molar-refractivity contribution < 1.29 is 19.4 Å². The Labute approximate surface area is 162 Å². The maximum absolute atomic E-state index is 12.2. The van der Waals surface area contributed by atoms with Crippen molar-refractivity contribution in [1.82, 2.24) is 0 Å². The highest BCUT2D eigenvalue weighted by molar-refractivity contribution is 6.23. The van der Waals surface area contributed by atoms with E-state index in [1.807, 2.05) is 32.0 Å². The summed E-state index contributed by atoms with van der Waals surface area (Å²) in [6.07, 6.45) is 4.13. The Bertz CT molecular complexity index is 706. The van der Waals surface area contributed by atoms with Crippen molar-refractivity contribution in [2.24, 2.45) is 4.99 Å². The average Bonchev–Trinajstić information content (AvgIpc) is 2.64. The molecule has 1 N–H and O–H groups in total. The molecule has 5 heteroatoms. The zero-order valence-corrected chi connectivity index (χ0v) is 16.7. The largest absolute Gasteiger partial charge is 0.511 e. The van der Waals surface area contributed by atoms with Crippen LogP contribution >= 0.6 is 0 Å². The van der Waals surface area contributed by atoms with Crippen LogP contribution in [0.4, 0.5) is 0 Å². The van der Waals surface area contributed by atoms with E-state index in [9.17, 15) is 9.90 Å². The summed E-state index contributed by atoms with van der Waals surface area (Å²) >= 11 is 0. The molecular weight excluding hydrogens is 342 g/mol. The number of benzene rings is 1. The van der Waals surface area contributed by atoms with Crippen LogP contribution < -0.4 is 9.47 Å². The fourth-order valence-corrected chi connectivity index (χ4v) is 3.25. The van der Waals surface area contributed by atoms with Gasteiger partial charge in [0.1, 0.15) is 5.76 Å². The van der Waals surface area contributed by atoms with E-state index in [0.29, 0.717) is 44.6 Å². The van der Waals surface area contributed by atoms with Crippen molar-refractivity contribution in [1.29, 1.82) is 0 Å². The maximum atomic E-state index is 12.2. The molecule has 1 aliphatic carbocycles. The van der Waals surface area contributed by atoms with Gasteiger partial charge in [0.15, 0.2) is 17.3 Å². The average molecular weight is 373 g/mol. The second-order valence-corrected chi connectivity index (χ2v) is 6.57. The van der Waals surface area contributed by atoms with E-state index in [-0.39, 0.29) is 11.5 Å². The van der Waals surface area contributed by atoms with Gasteiger partial charge in [-0.15, -0.1) is 0 Å². The van der Waals surface area contributed by atoms with Crippen molar-refractivity contribution in [2.45, 2.75) is 59.3 Å². The van der Waals surface area contributed by atoms with Crippen LogP contribution in [0, 0.1) is 0 Å². The van der Waals surface area contributed by atoms with E-state index < -0.39 is 0 Å². The van der Waals surface area contributed by atoms with Gasteiger partial charge in [-0.2, -0.15) is 0 Å². The van der Waals surface area contributed by atoms with Crippen molar-refractivity contribution in [3.63, 3.8) is 0 Å². The third-order valence-corrected chi connectivity index (χ3v) is 4.47. The van der Waals surface area contributed by atoms with Crippen molar-refractivity contribution in [2.75, 3.05) is 19.8 Å². The summed E-state index contributed by atoms with van der Waals surface area (Å²) in [4.78, 5) is 16.9. The normalized spacial score (nSPS) is 15.2. The first-order chi connectivity index (χ1) is 13.1. The molecule has 1 aromatic rings. The highest BCUT2D eigenvalue weighted by atomic mass is 16.5. The molecule has 0 aliphatic heterocycles. The van der Waals surface area contributed by atoms with Crippen molar-refractivity contribution >= 4 is 11.5 Å². The number of carbonyl (C=O) groups excluding carboxylic acids is 1. The number of hydrogen-bond donors (Lipinski definition) is 1. The Balaban J connectivity index is 2.13. The van der Waals surface area contributed by atoms with Gasteiger partial charge in [-0.05, 0) is 50.8 Å². The first-order valence-electron chi connectivity index (χ1n) is 9.98. The molecule has 0 saturated heterocycles. The Morgan fingerprint density at radius 3 is 2.52 bits per heavy atom. The van der Waals surface area contributed by atoms with Crippen LogP contribution in [-0.4, -0.2) is 36.4 Å². The summed E-state index contributed by atoms with van der Waals surface area (Å²) in [5.41, 5.74) is 2.31. The fraction of sp³-hybridized carbons (Fsp3) is 0.545. The molecule has 1 aromatic carbocycles. The Kier molecular flexibility index (Phi) is 8.37. The second kappa shape index (κ2) is 10.8. The van der Waals surface area contributed by atoms with Gasteiger partial charge < -0.3 is 14.6 Å². The standard InChI is InChI=1S/C22H31NO4/c1-4-8-17(22-18(24)9-7-10-19(22)25)23-14-13-16-11-12-20(26-5-2)21(15-16)27-6-3/h11-12,15,24H,4-10,13-14H2,1-3H3. The molecule has 0 amide bonds. The summed E-state index contributed by atoms with van der Waals surface area (Å²) in [5, 5.41) is 10.2. The van der Waals surface area contributed by atoms with Gasteiger partial charge in [0, 0.05) is 25.1 Å². The van der Waals surface area contributed by atoms with Crippen LogP contribution in [0.1, 0.15) is 58.4 Å². The van der Waals surface area contributed by atoms with Crippen LogP contribution in [0.15, 0.2) is 34.5 Å². The highest BCUT2D eigenvalue weighted by Gasteiger charge is 2.24. The van der Waals surface area contributed by atoms with Gasteiger partial charge in [-0.1, -0.05) is 19.4 Å². The molecule has 2 rings (SSSR count). The summed E-state index contributed by atoms with van der Waals surface area (Å²) in [6.45, 7) is 7.70. The van der Waals surface area contributed by atoms with Crippen molar-refractivity contribution in [3.05, 3.63) is 35.1 Å². The van der Waals surface area contributed by atoms with Gasteiger partial charge in [0.2, 0.25) is 0 Å². The lowest BCUT2D eigenvalue weighted by atomic mass is 9.91. The molecule has 0 unspecified atom stereocenters. The number of allylic oxidation sites excluding steroid dienone is 2. The zero-order chi connectivity index (χ0) is 19.6. The molecule has 0 saturated carbocycles. The number of aliphatic hydroxyl groups excluding tert-OH is 1. The highest BCUT2D eigenvalue weighted by Crippen LogP contribution is 2.29. The number of Topliss-reactive ketones (excluding diaryl/α,β-unsaturated/α-hetero) is 1. The third kappa shape index (κ3) is 5.84. The lowest BCUT2D eigenvalue weighted by Crippen LogP contribution is -2.20. The Morgan fingerprint density at radius 1 is 1.11 bits per heavy atom. The first-order valence-corrected chi connectivity index (χ1v) is 9.98. The van der Waals surface area contributed by atoms with E-state index in [4.69, 9.17) is 9.47 Å². The minimum absolute atomic E-state index is 0.0191. The molecule has 5 nitrogen and oxygen atoms in total. The SMILES string of the molecule is CCCC(=NCCc1ccc(OCC)c(OCC)c1)C1=C(O)CCCC1=O. The molecule has 0 fully saturated rings. The van der Waals surface area contributed by atoms with Gasteiger partial charge in [-0.25, -0.2) is 0 Å². The van der Waals surface area contributed by atoms with E-state index >= 15 is 0 Å². The predicted octanol–water partition coefficient (Wildman–Crippen LogP) is 4.83. The third-order valence-electron chi connectivity index (χ3n) is 4.47. The lowest BCUT2D eigenvalue weighted by Gasteiger charge is -2.17. The fourth-order valence-electron chi connectivity index (χ4n) is 3.25. The van der Waals surface area contributed by atoms with Crippen LogP contribution in [0.2, 0.25) is 0 Å². The Morgan fingerprint density at radius 2 is 1.85 bits per heavy atom. The number of aliphatic hydroxyl groups is 1. The van der Waals surface area contributed by atoms with Crippen LogP contribution in [0.5, 0.6) is 11.5 Å². The van der Waals surface area contributed by atoms with E-state index in [0.717, 1.165) is 42.0 Å².